The molecule has 0 unspecified atom stereocenters. The fourth-order valence-electron chi connectivity index (χ4n) is 2.59. The predicted octanol–water partition coefficient (Wildman–Crippen LogP) is 6.30. The van der Waals surface area contributed by atoms with Crippen LogP contribution >= 0.6 is 23.4 Å². The van der Waals surface area contributed by atoms with E-state index in [0.717, 1.165) is 22.0 Å². The molecule has 0 aliphatic carbocycles. The summed E-state index contributed by atoms with van der Waals surface area (Å²) in [7, 11) is 0. The van der Waals surface area contributed by atoms with Crippen molar-refractivity contribution >= 4 is 46.6 Å². The van der Waals surface area contributed by atoms with E-state index in [4.69, 9.17) is 11.6 Å². The molecule has 7 heteroatoms. The summed E-state index contributed by atoms with van der Waals surface area (Å²) in [5, 5.41) is 7.82. The van der Waals surface area contributed by atoms with E-state index in [0.29, 0.717) is 22.8 Å². The third-order valence-electron chi connectivity index (χ3n) is 3.99. The highest BCUT2D eigenvalue weighted by Gasteiger charge is 2.09. The van der Waals surface area contributed by atoms with Gasteiger partial charge in [-0.05, 0) is 35.9 Å². The fraction of sp³-hybridized carbons (Fsp3) is 0.0455. The lowest BCUT2D eigenvalue weighted by Gasteiger charge is -2.10. The van der Waals surface area contributed by atoms with Crippen molar-refractivity contribution < 1.29 is 0 Å². The van der Waals surface area contributed by atoms with E-state index in [1.165, 1.54) is 11.8 Å². The Labute approximate surface area is 178 Å². The molecular weight excluding hydrogens is 402 g/mol. The first-order chi connectivity index (χ1) is 14.3. The molecule has 4 rings (SSSR count). The molecule has 0 atom stereocenters. The number of nitrogens with zero attached hydrogens (tertiary/aromatic N) is 3. The van der Waals surface area contributed by atoms with E-state index in [1.54, 1.807) is 0 Å². The first-order valence-electron chi connectivity index (χ1n) is 9.03. The summed E-state index contributed by atoms with van der Waals surface area (Å²) in [5.74, 6) is 1.62. The van der Waals surface area contributed by atoms with Gasteiger partial charge in [-0.15, -0.1) is 0 Å². The Hall–Kier alpha value is -3.09. The minimum Gasteiger partial charge on any atom is -0.324 e. The van der Waals surface area contributed by atoms with Crippen molar-refractivity contribution in [2.24, 2.45) is 0 Å². The maximum atomic E-state index is 6.28. The van der Waals surface area contributed by atoms with Gasteiger partial charge in [0.25, 0.3) is 0 Å². The van der Waals surface area contributed by atoms with Crippen molar-refractivity contribution in [1.29, 1.82) is 0 Å². The highest BCUT2D eigenvalue weighted by Crippen LogP contribution is 2.26. The van der Waals surface area contributed by atoms with Crippen LogP contribution in [0, 0.1) is 0 Å². The van der Waals surface area contributed by atoms with E-state index in [2.05, 4.69) is 25.6 Å². The van der Waals surface area contributed by atoms with Gasteiger partial charge in [0.15, 0.2) is 5.16 Å². The molecular formula is C22H18ClN5S. The highest BCUT2D eigenvalue weighted by atomic mass is 35.5. The largest absolute Gasteiger partial charge is 0.324 e. The molecule has 0 saturated heterocycles. The lowest BCUT2D eigenvalue weighted by molar-refractivity contribution is 0.920. The standard InChI is InChI=1S/C22H18ClN5S/c23-19-14-8-7-9-16(19)15-29-22-27-20(24-17-10-3-1-4-11-17)26-21(28-22)25-18-12-5-2-6-13-18/h1-14H,15H2,(H2,24,25,26,27,28). The molecule has 0 aliphatic rings. The van der Waals surface area contributed by atoms with Gasteiger partial charge in [0.2, 0.25) is 11.9 Å². The smallest absolute Gasteiger partial charge is 0.233 e. The number of anilines is 4. The van der Waals surface area contributed by atoms with Crippen LogP contribution in [-0.2, 0) is 5.75 Å². The highest BCUT2D eigenvalue weighted by molar-refractivity contribution is 7.98. The van der Waals surface area contributed by atoms with Crippen LogP contribution in [0.25, 0.3) is 0 Å². The summed E-state index contributed by atoms with van der Waals surface area (Å²) in [5.41, 5.74) is 2.85. The number of halogens is 1. The first-order valence-corrected chi connectivity index (χ1v) is 10.4. The summed E-state index contributed by atoms with van der Waals surface area (Å²) in [6, 6.07) is 27.4. The third-order valence-corrected chi connectivity index (χ3v) is 5.25. The molecule has 3 aromatic carbocycles. The molecule has 0 aliphatic heterocycles. The number of rotatable bonds is 7. The van der Waals surface area contributed by atoms with Crippen LogP contribution in [0.5, 0.6) is 0 Å². The van der Waals surface area contributed by atoms with Gasteiger partial charge in [0.1, 0.15) is 0 Å². The molecule has 5 nitrogen and oxygen atoms in total. The average Bonchev–Trinajstić information content (AvgIpc) is 2.74. The van der Waals surface area contributed by atoms with Crippen LogP contribution in [0.1, 0.15) is 5.56 Å². The molecule has 0 saturated carbocycles. The SMILES string of the molecule is Clc1ccccc1CSc1nc(Nc2ccccc2)nc(Nc2ccccc2)n1. The summed E-state index contributed by atoms with van der Waals surface area (Å²) in [6.07, 6.45) is 0. The number of para-hydroxylation sites is 2. The van der Waals surface area contributed by atoms with Gasteiger partial charge in [0.05, 0.1) is 0 Å². The van der Waals surface area contributed by atoms with Crippen LogP contribution in [0.4, 0.5) is 23.3 Å². The Bertz CT molecular complexity index is 1020. The quantitative estimate of drug-likeness (QED) is 0.342. The number of hydrogen-bond acceptors (Lipinski definition) is 6. The number of aromatic nitrogens is 3. The zero-order valence-electron chi connectivity index (χ0n) is 15.4. The molecule has 0 spiro atoms. The molecule has 0 fully saturated rings. The molecule has 1 aromatic heterocycles. The second kappa shape index (κ2) is 9.41. The lowest BCUT2D eigenvalue weighted by Crippen LogP contribution is -2.05. The van der Waals surface area contributed by atoms with Gasteiger partial charge in [-0.2, -0.15) is 15.0 Å². The maximum Gasteiger partial charge on any atom is 0.233 e. The second-order valence-corrected chi connectivity index (χ2v) is 7.48. The minimum atomic E-state index is 0.478. The van der Waals surface area contributed by atoms with E-state index < -0.39 is 0 Å². The summed E-state index contributed by atoms with van der Waals surface area (Å²) >= 11 is 7.79. The molecule has 144 valence electrons. The Morgan fingerprint density at radius 3 is 1.72 bits per heavy atom. The Morgan fingerprint density at radius 2 is 1.17 bits per heavy atom. The van der Waals surface area contributed by atoms with E-state index >= 15 is 0 Å². The van der Waals surface area contributed by atoms with Gasteiger partial charge in [-0.25, -0.2) is 0 Å². The van der Waals surface area contributed by atoms with Gasteiger partial charge in [0, 0.05) is 22.2 Å². The van der Waals surface area contributed by atoms with E-state index in [1.807, 2.05) is 84.9 Å². The Balaban J connectivity index is 1.59. The monoisotopic (exact) mass is 419 g/mol. The summed E-state index contributed by atoms with van der Waals surface area (Å²) in [6.45, 7) is 0. The van der Waals surface area contributed by atoms with Gasteiger partial charge in [-0.1, -0.05) is 78.0 Å². The normalized spacial score (nSPS) is 10.5. The van der Waals surface area contributed by atoms with Crippen LogP contribution in [-0.4, -0.2) is 15.0 Å². The number of hydrogen-bond donors (Lipinski definition) is 2. The van der Waals surface area contributed by atoms with Crippen LogP contribution in [0.15, 0.2) is 90.1 Å². The van der Waals surface area contributed by atoms with Crippen molar-refractivity contribution in [3.63, 3.8) is 0 Å². The summed E-state index contributed by atoms with van der Waals surface area (Å²) in [4.78, 5) is 13.6. The fourth-order valence-corrected chi connectivity index (χ4v) is 3.71. The van der Waals surface area contributed by atoms with Gasteiger partial charge < -0.3 is 10.6 Å². The van der Waals surface area contributed by atoms with Crippen molar-refractivity contribution in [3.05, 3.63) is 95.5 Å². The van der Waals surface area contributed by atoms with Crippen molar-refractivity contribution in [1.82, 2.24) is 15.0 Å². The predicted molar refractivity (Wildman–Crippen MR) is 120 cm³/mol. The van der Waals surface area contributed by atoms with Crippen LogP contribution in [0.3, 0.4) is 0 Å². The van der Waals surface area contributed by atoms with Crippen molar-refractivity contribution in [2.45, 2.75) is 10.9 Å². The molecule has 29 heavy (non-hydrogen) atoms. The zero-order chi connectivity index (χ0) is 19.9. The number of benzene rings is 3. The minimum absolute atomic E-state index is 0.478. The molecule has 0 amide bonds. The van der Waals surface area contributed by atoms with E-state index in [9.17, 15) is 0 Å². The third kappa shape index (κ3) is 5.47. The Kier molecular flexibility index (Phi) is 6.24. The summed E-state index contributed by atoms with van der Waals surface area (Å²) < 4.78 is 0. The molecule has 1 heterocycles. The van der Waals surface area contributed by atoms with Crippen LogP contribution < -0.4 is 10.6 Å². The average molecular weight is 420 g/mol. The molecule has 2 N–H and O–H groups in total. The first kappa shape index (κ1) is 19.2. The topological polar surface area (TPSA) is 62.7 Å². The molecule has 0 radical (unpaired) electrons. The zero-order valence-corrected chi connectivity index (χ0v) is 17.0. The van der Waals surface area contributed by atoms with Crippen LogP contribution in [0.2, 0.25) is 5.02 Å². The molecule has 4 aromatic rings. The van der Waals surface area contributed by atoms with Crippen molar-refractivity contribution in [2.75, 3.05) is 10.6 Å². The lowest BCUT2D eigenvalue weighted by atomic mass is 10.2. The van der Waals surface area contributed by atoms with Crippen molar-refractivity contribution in [3.8, 4) is 0 Å². The maximum absolute atomic E-state index is 6.28. The second-order valence-electron chi connectivity index (χ2n) is 6.13. The number of thioether (sulfide) groups is 1. The Morgan fingerprint density at radius 1 is 0.655 bits per heavy atom. The van der Waals surface area contributed by atoms with Gasteiger partial charge in [-0.3, -0.25) is 0 Å². The van der Waals surface area contributed by atoms with E-state index in [-0.39, 0.29) is 0 Å². The molecule has 0 bridgehead atoms. The van der Waals surface area contributed by atoms with Gasteiger partial charge >= 0.3 is 0 Å². The number of nitrogens with one attached hydrogen (secondary N) is 2.